The predicted molar refractivity (Wildman–Crippen MR) is 164 cm³/mol. The molecule has 0 radical (unpaired) electrons. The highest BCUT2D eigenvalue weighted by atomic mass is 16.5. The molecular weight excluding hydrogens is 522 g/mol. The van der Waals surface area contributed by atoms with E-state index in [1.807, 2.05) is 97.1 Å². The molecule has 1 aliphatic rings. The molecule has 5 heteroatoms. The first kappa shape index (κ1) is 27.3. The number of benzene rings is 5. The van der Waals surface area contributed by atoms with Crippen LogP contribution in [0.15, 0.2) is 133 Å². The fourth-order valence-corrected chi connectivity index (χ4v) is 5.77. The lowest BCUT2D eigenvalue weighted by atomic mass is 9.68. The highest BCUT2D eigenvalue weighted by Gasteiger charge is 2.49. The molecule has 0 spiro atoms. The Kier molecular flexibility index (Phi) is 8.02. The zero-order valence-electron chi connectivity index (χ0n) is 23.4. The van der Waals surface area contributed by atoms with Crippen molar-refractivity contribution in [2.75, 3.05) is 13.2 Å². The Labute approximate surface area is 246 Å². The number of ether oxygens (including phenoxy) is 2. The monoisotopic (exact) mass is 555 g/mol. The maximum absolute atomic E-state index is 14.5. The number of rotatable bonds is 10. The zero-order valence-corrected chi connectivity index (χ0v) is 23.4. The SMILES string of the molecule is O=C(OCCN(Cc1ccccc1)Cc1ccccc1)C1(Cc2ccc(O)cc2)c2ccccc2Oc2ccccc21. The van der Waals surface area contributed by atoms with Gasteiger partial charge in [-0.2, -0.15) is 0 Å². The first-order valence-electron chi connectivity index (χ1n) is 14.2. The van der Waals surface area contributed by atoms with Gasteiger partial charge >= 0.3 is 5.97 Å². The molecule has 0 saturated carbocycles. The third kappa shape index (κ3) is 5.78. The van der Waals surface area contributed by atoms with Gasteiger partial charge in [0.05, 0.1) is 0 Å². The van der Waals surface area contributed by atoms with Crippen molar-refractivity contribution in [3.8, 4) is 17.2 Å². The Morgan fingerprint density at radius 3 is 1.69 bits per heavy atom. The van der Waals surface area contributed by atoms with E-state index in [1.54, 1.807) is 12.1 Å². The van der Waals surface area contributed by atoms with Gasteiger partial charge < -0.3 is 14.6 Å². The van der Waals surface area contributed by atoms with E-state index in [4.69, 9.17) is 9.47 Å². The van der Waals surface area contributed by atoms with Crippen molar-refractivity contribution in [3.63, 3.8) is 0 Å². The van der Waals surface area contributed by atoms with Crippen LogP contribution < -0.4 is 4.74 Å². The highest BCUT2D eigenvalue weighted by Crippen LogP contribution is 2.50. The maximum Gasteiger partial charge on any atom is 0.321 e. The first-order valence-corrected chi connectivity index (χ1v) is 14.2. The first-order chi connectivity index (χ1) is 20.6. The van der Waals surface area contributed by atoms with Gasteiger partial charge in [0.1, 0.15) is 29.3 Å². The van der Waals surface area contributed by atoms with E-state index in [9.17, 15) is 9.90 Å². The summed E-state index contributed by atoms with van der Waals surface area (Å²) in [6, 6.07) is 43.1. The van der Waals surface area contributed by atoms with Gasteiger partial charge in [0.25, 0.3) is 0 Å². The number of carbonyl (C=O) groups excluding carboxylic acids is 1. The van der Waals surface area contributed by atoms with Crippen molar-refractivity contribution < 1.29 is 19.4 Å². The standard InChI is InChI=1S/C37H33NO4/c39-31-21-19-28(20-22-31)25-37(32-15-7-9-17-34(32)42-35-18-10-8-16-33(35)37)36(40)41-24-23-38(26-29-11-3-1-4-12-29)27-30-13-5-2-6-14-30/h1-22,39H,23-27H2. The molecule has 0 bridgehead atoms. The number of hydrogen-bond acceptors (Lipinski definition) is 5. The lowest BCUT2D eigenvalue weighted by molar-refractivity contribution is -0.149. The van der Waals surface area contributed by atoms with Crippen LogP contribution in [-0.2, 0) is 34.5 Å². The van der Waals surface area contributed by atoms with Gasteiger partial charge in [-0.1, -0.05) is 109 Å². The quantitative estimate of drug-likeness (QED) is 0.184. The van der Waals surface area contributed by atoms with Gasteiger partial charge in [0.15, 0.2) is 0 Å². The predicted octanol–water partition coefficient (Wildman–Crippen LogP) is 7.27. The fourth-order valence-electron chi connectivity index (χ4n) is 5.77. The van der Waals surface area contributed by atoms with Gasteiger partial charge in [-0.25, -0.2) is 0 Å². The van der Waals surface area contributed by atoms with Gasteiger partial charge in [-0.3, -0.25) is 9.69 Å². The van der Waals surface area contributed by atoms with Crippen molar-refractivity contribution in [1.82, 2.24) is 4.90 Å². The summed E-state index contributed by atoms with van der Waals surface area (Å²) in [5, 5.41) is 9.91. The van der Waals surface area contributed by atoms with Gasteiger partial charge in [0.2, 0.25) is 0 Å². The third-order valence-corrected chi connectivity index (χ3v) is 7.81. The van der Waals surface area contributed by atoms with Crippen molar-refractivity contribution in [1.29, 1.82) is 0 Å². The van der Waals surface area contributed by atoms with E-state index in [2.05, 4.69) is 29.2 Å². The molecule has 0 aliphatic carbocycles. The Morgan fingerprint density at radius 1 is 0.643 bits per heavy atom. The van der Waals surface area contributed by atoms with Gasteiger partial charge in [-0.15, -0.1) is 0 Å². The Balaban J connectivity index is 1.30. The number of nitrogens with zero attached hydrogens (tertiary/aromatic N) is 1. The number of aromatic hydroxyl groups is 1. The summed E-state index contributed by atoms with van der Waals surface area (Å²) in [6.45, 7) is 2.29. The molecule has 6 rings (SSSR count). The van der Waals surface area contributed by atoms with E-state index in [-0.39, 0.29) is 18.3 Å². The molecular formula is C37H33NO4. The Bertz CT molecular complexity index is 1550. The molecule has 0 saturated heterocycles. The molecule has 210 valence electrons. The Hall–Kier alpha value is -4.87. The van der Waals surface area contributed by atoms with Crippen LogP contribution in [-0.4, -0.2) is 29.1 Å². The van der Waals surface area contributed by atoms with E-state index in [0.29, 0.717) is 24.5 Å². The van der Waals surface area contributed by atoms with Crippen LogP contribution >= 0.6 is 0 Å². The van der Waals surface area contributed by atoms with E-state index in [1.165, 1.54) is 11.1 Å². The summed E-state index contributed by atoms with van der Waals surface area (Å²) in [4.78, 5) is 16.8. The number of hydrogen-bond donors (Lipinski definition) is 1. The molecule has 0 amide bonds. The normalized spacial score (nSPS) is 13.1. The molecule has 0 unspecified atom stereocenters. The maximum atomic E-state index is 14.5. The van der Waals surface area contributed by atoms with Crippen LogP contribution in [0.5, 0.6) is 17.2 Å². The second-order valence-corrected chi connectivity index (χ2v) is 10.7. The van der Waals surface area contributed by atoms with Crippen LogP contribution in [0.1, 0.15) is 27.8 Å². The van der Waals surface area contributed by atoms with E-state index >= 15 is 0 Å². The number of para-hydroxylation sites is 2. The minimum Gasteiger partial charge on any atom is -0.508 e. The number of esters is 1. The lowest BCUT2D eigenvalue weighted by Gasteiger charge is -2.38. The van der Waals surface area contributed by atoms with Crippen LogP contribution in [0.4, 0.5) is 0 Å². The molecule has 0 aromatic heterocycles. The number of phenolic OH excluding ortho intramolecular Hbond substituents is 1. The van der Waals surface area contributed by atoms with Crippen LogP contribution in [0.3, 0.4) is 0 Å². The minimum atomic E-state index is -1.12. The number of carbonyl (C=O) groups is 1. The average molecular weight is 556 g/mol. The van der Waals surface area contributed by atoms with Crippen LogP contribution in [0, 0.1) is 0 Å². The van der Waals surface area contributed by atoms with E-state index in [0.717, 1.165) is 29.8 Å². The third-order valence-electron chi connectivity index (χ3n) is 7.81. The summed E-state index contributed by atoms with van der Waals surface area (Å²) in [6.07, 6.45) is 0.362. The molecule has 1 aliphatic heterocycles. The summed E-state index contributed by atoms with van der Waals surface area (Å²) < 4.78 is 12.5. The molecule has 5 aromatic carbocycles. The Morgan fingerprint density at radius 2 is 1.14 bits per heavy atom. The molecule has 1 N–H and O–H groups in total. The second kappa shape index (κ2) is 12.3. The molecule has 5 nitrogen and oxygen atoms in total. The second-order valence-electron chi connectivity index (χ2n) is 10.7. The summed E-state index contributed by atoms with van der Waals surface area (Å²) in [7, 11) is 0. The van der Waals surface area contributed by atoms with Crippen LogP contribution in [0.25, 0.3) is 0 Å². The zero-order chi connectivity index (χ0) is 28.8. The van der Waals surface area contributed by atoms with Gasteiger partial charge in [0, 0.05) is 30.8 Å². The van der Waals surface area contributed by atoms with Crippen molar-refractivity contribution in [2.45, 2.75) is 24.9 Å². The van der Waals surface area contributed by atoms with Crippen molar-refractivity contribution >= 4 is 5.97 Å². The molecule has 0 fully saturated rings. The molecule has 5 aromatic rings. The van der Waals surface area contributed by atoms with Crippen molar-refractivity contribution in [2.24, 2.45) is 0 Å². The fraction of sp³-hybridized carbons (Fsp3) is 0.162. The van der Waals surface area contributed by atoms with E-state index < -0.39 is 5.41 Å². The van der Waals surface area contributed by atoms with Crippen molar-refractivity contribution in [3.05, 3.63) is 161 Å². The minimum absolute atomic E-state index is 0.181. The van der Waals surface area contributed by atoms with Crippen LogP contribution in [0.2, 0.25) is 0 Å². The average Bonchev–Trinajstić information content (AvgIpc) is 3.03. The summed E-state index contributed by atoms with van der Waals surface area (Å²) in [5.41, 5.74) is 3.74. The topological polar surface area (TPSA) is 59.0 Å². The lowest BCUT2D eigenvalue weighted by Crippen LogP contribution is -2.43. The highest BCUT2D eigenvalue weighted by molar-refractivity contribution is 5.91. The molecule has 42 heavy (non-hydrogen) atoms. The number of fused-ring (bicyclic) bond motifs is 2. The molecule has 1 heterocycles. The molecule has 0 atom stereocenters. The number of phenols is 1. The van der Waals surface area contributed by atoms with Gasteiger partial charge in [-0.05, 0) is 47.4 Å². The largest absolute Gasteiger partial charge is 0.508 e. The summed E-state index contributed by atoms with van der Waals surface area (Å²) in [5.74, 6) is 1.14. The summed E-state index contributed by atoms with van der Waals surface area (Å²) >= 11 is 0. The smallest absolute Gasteiger partial charge is 0.321 e.